The summed E-state index contributed by atoms with van der Waals surface area (Å²) in [6, 6.07) is -1.50. The molecule has 0 radical (unpaired) electrons. The molecule has 1 aliphatic rings. The Hall–Kier alpha value is -1.91. The van der Waals surface area contributed by atoms with E-state index in [1.807, 2.05) is 11.8 Å². The number of hydrogen-bond donors (Lipinski definition) is 1. The van der Waals surface area contributed by atoms with E-state index in [-0.39, 0.29) is 25.5 Å². The molecule has 2 heterocycles. The normalized spacial score (nSPS) is 18.5. The van der Waals surface area contributed by atoms with Crippen LogP contribution >= 0.6 is 0 Å². The van der Waals surface area contributed by atoms with E-state index in [0.717, 1.165) is 11.5 Å². The third-order valence-corrected chi connectivity index (χ3v) is 4.30. The largest absolute Gasteiger partial charge is 0.403 e. The molecule has 0 bridgehead atoms. The van der Waals surface area contributed by atoms with E-state index in [1.54, 1.807) is 0 Å². The fraction of sp³-hybridized carbons (Fsp3) is 0.733. The van der Waals surface area contributed by atoms with Gasteiger partial charge in [0, 0.05) is 45.1 Å². The molecule has 1 N–H and O–H groups in total. The van der Waals surface area contributed by atoms with Crippen molar-refractivity contribution in [1.29, 1.82) is 0 Å². The molecular formula is C15H23F5N6. The predicted octanol–water partition coefficient (Wildman–Crippen LogP) is 2.31. The van der Waals surface area contributed by atoms with Crippen molar-refractivity contribution < 1.29 is 22.0 Å². The summed E-state index contributed by atoms with van der Waals surface area (Å²) in [4.78, 5) is 11.4. The fourth-order valence-electron chi connectivity index (χ4n) is 2.74. The molecule has 1 saturated heterocycles. The van der Waals surface area contributed by atoms with Crippen LogP contribution in [0.5, 0.6) is 0 Å². The van der Waals surface area contributed by atoms with Crippen LogP contribution in [0.25, 0.3) is 0 Å². The Bertz CT molecular complexity index is 592. The minimum atomic E-state index is -4.26. The average Bonchev–Trinajstić information content (AvgIpc) is 3.06. The maximum Gasteiger partial charge on any atom is 0.403 e. The SMILES string of the molecule is CCNC(=NCc1nccn1C(F)F)N1CCN(C(C)C(F)(F)F)CC1. The lowest BCUT2D eigenvalue weighted by Crippen LogP contribution is -2.56. The number of rotatable bonds is 5. The Morgan fingerprint density at radius 2 is 1.92 bits per heavy atom. The number of piperazine rings is 1. The van der Waals surface area contributed by atoms with Crippen LogP contribution in [0.3, 0.4) is 0 Å². The molecule has 1 fully saturated rings. The van der Waals surface area contributed by atoms with Gasteiger partial charge in [0.25, 0.3) is 0 Å². The summed E-state index contributed by atoms with van der Waals surface area (Å²) in [5.74, 6) is 0.607. The highest BCUT2D eigenvalue weighted by molar-refractivity contribution is 5.80. The molecule has 0 aliphatic carbocycles. The first-order valence-electron chi connectivity index (χ1n) is 8.38. The van der Waals surface area contributed by atoms with Crippen LogP contribution in [0.4, 0.5) is 22.0 Å². The molecule has 2 rings (SSSR count). The zero-order chi connectivity index (χ0) is 19.3. The maximum absolute atomic E-state index is 12.9. The van der Waals surface area contributed by atoms with Crippen LogP contribution in [0, 0.1) is 0 Å². The molecule has 1 aromatic heterocycles. The number of guanidine groups is 1. The molecule has 0 amide bonds. The van der Waals surface area contributed by atoms with Gasteiger partial charge in [0.05, 0.1) is 0 Å². The second-order valence-corrected chi connectivity index (χ2v) is 5.94. The van der Waals surface area contributed by atoms with Crippen molar-refractivity contribution >= 4 is 5.96 Å². The van der Waals surface area contributed by atoms with Crippen molar-refractivity contribution in [3.8, 4) is 0 Å². The average molecular weight is 382 g/mol. The summed E-state index contributed by atoms with van der Waals surface area (Å²) in [6.07, 6.45) is -1.80. The topological polar surface area (TPSA) is 48.7 Å². The Kier molecular flexibility index (Phi) is 6.79. The summed E-state index contributed by atoms with van der Waals surface area (Å²) in [5.41, 5.74) is 0. The van der Waals surface area contributed by atoms with Gasteiger partial charge in [-0.05, 0) is 13.8 Å². The molecule has 1 aliphatic heterocycles. The lowest BCUT2D eigenvalue weighted by molar-refractivity contribution is -0.181. The Morgan fingerprint density at radius 1 is 1.27 bits per heavy atom. The third-order valence-electron chi connectivity index (χ3n) is 4.30. The number of alkyl halides is 5. The molecular weight excluding hydrogens is 359 g/mol. The molecule has 26 heavy (non-hydrogen) atoms. The molecule has 11 heteroatoms. The van der Waals surface area contributed by atoms with Crippen molar-refractivity contribution in [2.45, 2.75) is 39.2 Å². The van der Waals surface area contributed by atoms with Gasteiger partial charge in [-0.2, -0.15) is 22.0 Å². The van der Waals surface area contributed by atoms with E-state index >= 15 is 0 Å². The quantitative estimate of drug-likeness (QED) is 0.482. The lowest BCUT2D eigenvalue weighted by Gasteiger charge is -2.39. The van der Waals surface area contributed by atoms with Gasteiger partial charge >= 0.3 is 12.7 Å². The molecule has 0 aromatic carbocycles. The minimum absolute atomic E-state index is 0.0428. The first-order chi connectivity index (χ1) is 12.2. The summed E-state index contributed by atoms with van der Waals surface area (Å²) in [5, 5.41) is 3.05. The second kappa shape index (κ2) is 8.65. The predicted molar refractivity (Wildman–Crippen MR) is 87.0 cm³/mol. The van der Waals surface area contributed by atoms with Crippen molar-refractivity contribution in [2.24, 2.45) is 4.99 Å². The van der Waals surface area contributed by atoms with Crippen molar-refractivity contribution in [3.05, 3.63) is 18.2 Å². The Balaban J connectivity index is 2.01. The molecule has 148 valence electrons. The Morgan fingerprint density at radius 3 is 2.46 bits per heavy atom. The van der Waals surface area contributed by atoms with Gasteiger partial charge in [-0.25, -0.2) is 9.98 Å². The van der Waals surface area contributed by atoms with Gasteiger partial charge in [0.1, 0.15) is 18.4 Å². The van der Waals surface area contributed by atoms with Gasteiger partial charge < -0.3 is 10.2 Å². The molecule has 1 aromatic rings. The summed E-state index contributed by atoms with van der Waals surface area (Å²) >= 11 is 0. The van der Waals surface area contributed by atoms with Crippen LogP contribution in [-0.4, -0.2) is 70.3 Å². The van der Waals surface area contributed by atoms with Crippen LogP contribution in [-0.2, 0) is 6.54 Å². The van der Waals surface area contributed by atoms with Crippen molar-refractivity contribution in [1.82, 2.24) is 24.7 Å². The van der Waals surface area contributed by atoms with Crippen LogP contribution < -0.4 is 5.32 Å². The molecule has 1 unspecified atom stereocenters. The molecule has 6 nitrogen and oxygen atoms in total. The van der Waals surface area contributed by atoms with Crippen molar-refractivity contribution in [3.63, 3.8) is 0 Å². The number of nitrogens with one attached hydrogen (secondary N) is 1. The zero-order valence-corrected chi connectivity index (χ0v) is 14.7. The first-order valence-corrected chi connectivity index (χ1v) is 8.38. The van der Waals surface area contributed by atoms with E-state index in [0.29, 0.717) is 25.6 Å². The zero-order valence-electron chi connectivity index (χ0n) is 14.7. The highest BCUT2D eigenvalue weighted by Gasteiger charge is 2.41. The highest BCUT2D eigenvalue weighted by Crippen LogP contribution is 2.25. The van der Waals surface area contributed by atoms with Gasteiger partial charge in [-0.15, -0.1) is 0 Å². The number of hydrogen-bond acceptors (Lipinski definition) is 3. The van der Waals surface area contributed by atoms with Crippen LogP contribution in [0.1, 0.15) is 26.2 Å². The lowest BCUT2D eigenvalue weighted by atomic mass is 10.2. The van der Waals surface area contributed by atoms with Gasteiger partial charge in [-0.1, -0.05) is 0 Å². The van der Waals surface area contributed by atoms with Crippen molar-refractivity contribution in [2.75, 3.05) is 32.7 Å². The Labute approximate surface area is 148 Å². The van der Waals surface area contributed by atoms with Crippen LogP contribution in [0.2, 0.25) is 0 Å². The summed E-state index contributed by atoms with van der Waals surface area (Å²) in [6.45, 7) is 2.06. The highest BCUT2D eigenvalue weighted by atomic mass is 19.4. The molecule has 0 spiro atoms. The molecule has 1 atom stereocenters. The van der Waals surface area contributed by atoms with E-state index in [2.05, 4.69) is 15.3 Å². The number of nitrogens with zero attached hydrogens (tertiary/aromatic N) is 5. The van der Waals surface area contributed by atoms with E-state index in [9.17, 15) is 22.0 Å². The number of halogens is 5. The van der Waals surface area contributed by atoms with E-state index in [4.69, 9.17) is 0 Å². The monoisotopic (exact) mass is 382 g/mol. The van der Waals surface area contributed by atoms with Gasteiger partial charge in [-0.3, -0.25) is 9.47 Å². The number of imidazole rings is 1. The van der Waals surface area contributed by atoms with E-state index < -0.39 is 18.8 Å². The van der Waals surface area contributed by atoms with E-state index in [1.165, 1.54) is 17.3 Å². The number of aromatic nitrogens is 2. The number of aliphatic imine (C=N–C) groups is 1. The summed E-state index contributed by atoms with van der Waals surface area (Å²) < 4.78 is 64.9. The molecule has 0 saturated carbocycles. The van der Waals surface area contributed by atoms with Gasteiger partial charge in [0.2, 0.25) is 0 Å². The summed E-state index contributed by atoms with van der Waals surface area (Å²) in [7, 11) is 0. The smallest absolute Gasteiger partial charge is 0.357 e. The fourth-order valence-corrected chi connectivity index (χ4v) is 2.74. The standard InChI is InChI=1S/C15H23F5N6/c1-3-21-14(23-10-12-22-4-5-26(12)13(16)17)25-8-6-24(7-9-25)11(2)15(18,19)20/h4-5,11,13H,3,6-10H2,1-2H3,(H,21,23). The van der Waals surface area contributed by atoms with Gasteiger partial charge in [0.15, 0.2) is 5.96 Å². The first kappa shape index (κ1) is 20.4. The third kappa shape index (κ3) is 5.05. The minimum Gasteiger partial charge on any atom is -0.357 e. The van der Waals surface area contributed by atoms with Crippen LogP contribution in [0.15, 0.2) is 17.4 Å². The maximum atomic E-state index is 12.9. The second-order valence-electron chi connectivity index (χ2n) is 5.94.